The average Bonchev–Trinajstić information content (AvgIpc) is 2.92. The lowest BCUT2D eigenvalue weighted by Gasteiger charge is -2.14. The van der Waals surface area contributed by atoms with E-state index < -0.39 is 6.09 Å². The minimum atomic E-state index is -0.517. The lowest BCUT2D eigenvalue weighted by atomic mass is 9.95. The Morgan fingerprint density at radius 2 is 1.58 bits per heavy atom. The van der Waals surface area contributed by atoms with E-state index in [0.29, 0.717) is 29.0 Å². The Balaban J connectivity index is 1.40. The van der Waals surface area contributed by atoms with Crippen molar-refractivity contribution in [1.82, 2.24) is 15.6 Å². The molecular weight excluding hydrogens is 456 g/mol. The highest BCUT2D eigenvalue weighted by Gasteiger charge is 2.15. The quantitative estimate of drug-likeness (QED) is 0.279. The average molecular weight is 483 g/mol. The topological polar surface area (TPSA) is 107 Å². The fraction of sp³-hybridized carbons (Fsp3) is 0.143. The third-order valence-corrected chi connectivity index (χ3v) is 5.53. The number of benzene rings is 3. The largest absolute Gasteiger partial charge is 0.711 e. The maximum atomic E-state index is 13.0. The van der Waals surface area contributed by atoms with Crippen molar-refractivity contribution >= 4 is 12.0 Å². The Bertz CT molecular complexity index is 1310. The van der Waals surface area contributed by atoms with Crippen LogP contribution in [0.1, 0.15) is 27.2 Å². The van der Waals surface area contributed by atoms with Gasteiger partial charge in [-0.25, -0.2) is 9.52 Å². The highest BCUT2D eigenvalue weighted by atomic mass is 16.5. The molecule has 0 aliphatic rings. The molecule has 0 saturated heterocycles. The second kappa shape index (κ2) is 12.1. The lowest BCUT2D eigenvalue weighted by molar-refractivity contribution is -0.608. The SMILES string of the molecule is O=C(NCc1ccccc1-c1ccccc1C(=O)NCCc1cc[n+]([O-])cn1)OCc1ccccc1. The molecule has 2 N–H and O–H groups in total. The van der Waals surface area contributed by atoms with Crippen molar-refractivity contribution in [2.45, 2.75) is 19.6 Å². The second-order valence-electron chi connectivity index (χ2n) is 8.04. The number of carbonyl (C=O) groups is 2. The number of carbonyl (C=O) groups excluding carboxylic acids is 2. The fourth-order valence-corrected chi connectivity index (χ4v) is 3.71. The molecule has 0 bridgehead atoms. The normalized spacial score (nSPS) is 10.4. The first-order chi connectivity index (χ1) is 17.6. The smallest absolute Gasteiger partial charge is 0.407 e. The van der Waals surface area contributed by atoms with Crippen LogP contribution in [-0.4, -0.2) is 23.5 Å². The molecule has 0 atom stereocenters. The number of rotatable bonds is 9. The predicted octanol–water partition coefficient (Wildman–Crippen LogP) is 3.78. The van der Waals surface area contributed by atoms with E-state index in [9.17, 15) is 14.8 Å². The number of alkyl carbamates (subject to hydrolysis) is 1. The molecule has 0 unspecified atom stereocenters. The lowest BCUT2D eigenvalue weighted by Crippen LogP contribution is -2.28. The third-order valence-electron chi connectivity index (χ3n) is 5.53. The Kier molecular flexibility index (Phi) is 8.22. The van der Waals surface area contributed by atoms with Crippen LogP contribution in [0.5, 0.6) is 0 Å². The Morgan fingerprint density at radius 3 is 2.36 bits per heavy atom. The number of amides is 2. The summed E-state index contributed by atoms with van der Waals surface area (Å²) in [5, 5.41) is 16.8. The van der Waals surface area contributed by atoms with Gasteiger partial charge in [0, 0.05) is 31.1 Å². The van der Waals surface area contributed by atoms with E-state index >= 15 is 0 Å². The third kappa shape index (κ3) is 6.66. The zero-order valence-corrected chi connectivity index (χ0v) is 19.6. The molecule has 1 heterocycles. The Hall–Kier alpha value is -4.72. The summed E-state index contributed by atoms with van der Waals surface area (Å²) < 4.78 is 5.93. The molecule has 0 fully saturated rings. The fourth-order valence-electron chi connectivity index (χ4n) is 3.71. The van der Waals surface area contributed by atoms with E-state index in [2.05, 4.69) is 15.6 Å². The first-order valence-corrected chi connectivity index (χ1v) is 11.5. The highest BCUT2D eigenvalue weighted by molar-refractivity contribution is 6.01. The van der Waals surface area contributed by atoms with Crippen molar-refractivity contribution in [2.75, 3.05) is 6.54 Å². The predicted molar refractivity (Wildman–Crippen MR) is 135 cm³/mol. The molecule has 0 radical (unpaired) electrons. The van der Waals surface area contributed by atoms with Crippen molar-refractivity contribution in [3.8, 4) is 11.1 Å². The van der Waals surface area contributed by atoms with Gasteiger partial charge in [0.2, 0.25) is 0 Å². The minimum Gasteiger partial charge on any atom is -0.711 e. The zero-order valence-electron chi connectivity index (χ0n) is 19.6. The summed E-state index contributed by atoms with van der Waals surface area (Å²) in [5.74, 6) is -0.217. The monoisotopic (exact) mass is 482 g/mol. The van der Waals surface area contributed by atoms with Crippen molar-refractivity contribution in [2.24, 2.45) is 0 Å². The van der Waals surface area contributed by atoms with Crippen LogP contribution in [0.2, 0.25) is 0 Å². The van der Waals surface area contributed by atoms with E-state index in [-0.39, 0.29) is 19.1 Å². The van der Waals surface area contributed by atoms with Gasteiger partial charge in [-0.1, -0.05) is 77.8 Å². The van der Waals surface area contributed by atoms with Gasteiger partial charge in [0.1, 0.15) is 6.61 Å². The number of ether oxygens (including phenoxy) is 1. The minimum absolute atomic E-state index is 0.187. The number of nitrogens with one attached hydrogen (secondary N) is 2. The summed E-state index contributed by atoms with van der Waals surface area (Å²) >= 11 is 0. The van der Waals surface area contributed by atoms with E-state index in [0.717, 1.165) is 22.3 Å². The molecule has 8 nitrogen and oxygen atoms in total. The van der Waals surface area contributed by atoms with Crippen molar-refractivity contribution in [3.63, 3.8) is 0 Å². The molecule has 0 aliphatic heterocycles. The summed E-state index contributed by atoms with van der Waals surface area (Å²) in [7, 11) is 0. The van der Waals surface area contributed by atoms with Gasteiger partial charge in [0.25, 0.3) is 12.2 Å². The van der Waals surface area contributed by atoms with Crippen molar-refractivity contribution < 1.29 is 19.1 Å². The standard InChI is InChI=1S/C28H26N4O4/c33-27(29-16-14-23-15-17-32(35)20-31-23)26-13-7-6-12-25(26)24-11-5-4-10-22(24)18-30-28(34)36-19-21-8-2-1-3-9-21/h1-13,15,17,20H,14,16,18-19H2,(H,29,33)(H,30,34). The molecule has 4 aromatic rings. The van der Waals surface area contributed by atoms with Gasteiger partial charge in [0.05, 0.1) is 6.20 Å². The van der Waals surface area contributed by atoms with Crippen LogP contribution < -0.4 is 15.4 Å². The van der Waals surface area contributed by atoms with Gasteiger partial charge in [-0.3, -0.25) is 4.79 Å². The molecule has 1 aromatic heterocycles. The van der Waals surface area contributed by atoms with Crippen LogP contribution in [0.15, 0.2) is 97.5 Å². The van der Waals surface area contributed by atoms with Crippen molar-refractivity contribution in [3.05, 3.63) is 125 Å². The van der Waals surface area contributed by atoms with Crippen LogP contribution in [0.25, 0.3) is 11.1 Å². The molecule has 182 valence electrons. The maximum absolute atomic E-state index is 13.0. The van der Waals surface area contributed by atoms with Crippen LogP contribution in [0, 0.1) is 5.21 Å². The van der Waals surface area contributed by atoms with Crippen LogP contribution in [0.3, 0.4) is 0 Å². The Labute approximate surface area is 209 Å². The molecule has 36 heavy (non-hydrogen) atoms. The summed E-state index contributed by atoms with van der Waals surface area (Å²) in [4.78, 5) is 29.3. The molecule has 0 saturated carbocycles. The number of hydrogen-bond donors (Lipinski definition) is 2. The van der Waals surface area contributed by atoms with E-state index in [1.807, 2.05) is 72.8 Å². The molecular formula is C28H26N4O4. The molecule has 0 aliphatic carbocycles. The van der Waals surface area contributed by atoms with Gasteiger partial charge in [-0.15, -0.1) is 0 Å². The highest BCUT2D eigenvalue weighted by Crippen LogP contribution is 2.27. The first-order valence-electron chi connectivity index (χ1n) is 11.5. The molecule has 2 amide bonds. The number of nitrogens with zero attached hydrogens (tertiary/aromatic N) is 2. The van der Waals surface area contributed by atoms with Crippen LogP contribution in [0.4, 0.5) is 4.79 Å². The van der Waals surface area contributed by atoms with Crippen molar-refractivity contribution in [1.29, 1.82) is 0 Å². The van der Waals surface area contributed by atoms with Gasteiger partial charge >= 0.3 is 6.09 Å². The summed E-state index contributed by atoms with van der Waals surface area (Å²) in [6, 6.07) is 26.0. The van der Waals surface area contributed by atoms with E-state index in [1.165, 1.54) is 12.5 Å². The molecule has 0 spiro atoms. The molecule has 8 heteroatoms. The van der Waals surface area contributed by atoms with E-state index in [1.54, 1.807) is 12.1 Å². The number of aromatic nitrogens is 2. The summed E-state index contributed by atoms with van der Waals surface area (Å²) in [6.07, 6.45) is 2.55. The van der Waals surface area contributed by atoms with Gasteiger partial charge < -0.3 is 20.6 Å². The molecule has 3 aromatic carbocycles. The first kappa shape index (κ1) is 24.4. The maximum Gasteiger partial charge on any atom is 0.407 e. The second-order valence-corrected chi connectivity index (χ2v) is 8.04. The van der Waals surface area contributed by atoms with Crippen LogP contribution >= 0.6 is 0 Å². The molecule has 4 rings (SSSR count). The van der Waals surface area contributed by atoms with Crippen LogP contribution in [-0.2, 0) is 24.3 Å². The summed E-state index contributed by atoms with van der Waals surface area (Å²) in [5.41, 5.74) is 4.60. The van der Waals surface area contributed by atoms with Gasteiger partial charge in [0.15, 0.2) is 5.69 Å². The number of hydrogen-bond acceptors (Lipinski definition) is 5. The summed E-state index contributed by atoms with van der Waals surface area (Å²) in [6.45, 7) is 0.811. The Morgan fingerprint density at radius 1 is 0.861 bits per heavy atom. The van der Waals surface area contributed by atoms with Gasteiger partial charge in [-0.05, 0) is 28.3 Å². The zero-order chi connectivity index (χ0) is 25.2. The van der Waals surface area contributed by atoms with E-state index in [4.69, 9.17) is 4.74 Å². The van der Waals surface area contributed by atoms with Gasteiger partial charge in [-0.2, -0.15) is 0 Å².